The predicted molar refractivity (Wildman–Crippen MR) is 41.2 cm³/mol. The number of esters is 1. The van der Waals surface area contributed by atoms with Crippen LogP contribution in [0.4, 0.5) is 5.00 Å². The van der Waals surface area contributed by atoms with E-state index in [1.54, 1.807) is 0 Å². The maximum absolute atomic E-state index is 10.8. The summed E-state index contributed by atoms with van der Waals surface area (Å²) in [5.41, 5.74) is 0.150. The normalized spacial score (nSPS) is 8.75. The van der Waals surface area contributed by atoms with Gasteiger partial charge in [-0.3, -0.25) is 0 Å². The van der Waals surface area contributed by atoms with Crippen LogP contribution in [0.2, 0.25) is 0 Å². The van der Waals surface area contributed by atoms with Crippen LogP contribution in [-0.2, 0) is 9.53 Å². The van der Waals surface area contributed by atoms with Crippen LogP contribution >= 0.6 is 11.5 Å². The highest BCUT2D eigenvalue weighted by molar-refractivity contribution is 7.10. The number of nitrogens with zero attached hydrogens (tertiary/aromatic N) is 2. The molecule has 0 aliphatic rings. The summed E-state index contributed by atoms with van der Waals surface area (Å²) in [5.74, 6) is -0.543. The molecule has 0 radical (unpaired) electrons. The van der Waals surface area contributed by atoms with E-state index >= 15 is 0 Å². The van der Waals surface area contributed by atoms with E-state index in [1.807, 2.05) is 0 Å². The predicted octanol–water partition coefficient (Wildman–Crippen LogP) is 0.897. The van der Waals surface area contributed by atoms with Crippen LogP contribution in [0, 0.1) is 0 Å². The minimum atomic E-state index is -0.543. The number of carbonyl (C=O) groups excluding carboxylic acids is 2. The molecule has 0 bridgehead atoms. The molecule has 0 aromatic carbocycles. The number of aliphatic imine (C=N–C) groups is 1. The number of methoxy groups -OCH3 is 1. The second-order valence-electron chi connectivity index (χ2n) is 1.75. The van der Waals surface area contributed by atoms with Crippen LogP contribution in [0.3, 0.4) is 0 Å². The summed E-state index contributed by atoms with van der Waals surface area (Å²) in [5, 5.41) is 0.338. The van der Waals surface area contributed by atoms with Crippen molar-refractivity contribution in [3.8, 4) is 0 Å². The molecular formula is C6H4N2O3S. The van der Waals surface area contributed by atoms with Crippen LogP contribution in [0.1, 0.15) is 10.5 Å². The Labute approximate surface area is 71.9 Å². The number of ether oxygens (including phenoxy) is 1. The van der Waals surface area contributed by atoms with Gasteiger partial charge < -0.3 is 4.74 Å². The first-order valence-corrected chi connectivity index (χ1v) is 3.68. The molecule has 6 heteroatoms. The van der Waals surface area contributed by atoms with Gasteiger partial charge in [0.1, 0.15) is 5.00 Å². The maximum Gasteiger partial charge on any atom is 0.357 e. The van der Waals surface area contributed by atoms with E-state index in [-0.39, 0.29) is 5.69 Å². The van der Waals surface area contributed by atoms with Gasteiger partial charge in [-0.25, -0.2) is 9.59 Å². The van der Waals surface area contributed by atoms with E-state index in [0.29, 0.717) is 5.00 Å². The standard InChI is InChI=1S/C6H4N2O3S/c1-11-6(10)4-2-5(7-3-9)12-8-4/h2H,1H3. The molecule has 0 aliphatic carbocycles. The first-order valence-electron chi connectivity index (χ1n) is 2.91. The molecule has 1 aromatic rings. The van der Waals surface area contributed by atoms with E-state index in [2.05, 4.69) is 14.1 Å². The highest BCUT2D eigenvalue weighted by atomic mass is 32.1. The van der Waals surface area contributed by atoms with Gasteiger partial charge in [0.05, 0.1) is 7.11 Å². The minimum Gasteiger partial charge on any atom is -0.464 e. The molecule has 62 valence electrons. The minimum absolute atomic E-state index is 0.150. The molecule has 0 unspecified atom stereocenters. The number of hydrogen-bond donors (Lipinski definition) is 0. The highest BCUT2D eigenvalue weighted by Crippen LogP contribution is 2.19. The average molecular weight is 184 g/mol. The summed E-state index contributed by atoms with van der Waals surface area (Å²) in [6, 6.07) is 1.36. The van der Waals surface area contributed by atoms with Crippen molar-refractivity contribution in [3.05, 3.63) is 11.8 Å². The first kappa shape index (κ1) is 8.58. The fraction of sp³-hybridized carbons (Fsp3) is 0.167. The zero-order chi connectivity index (χ0) is 8.97. The van der Waals surface area contributed by atoms with Crippen molar-refractivity contribution in [3.63, 3.8) is 0 Å². The van der Waals surface area contributed by atoms with Crippen molar-refractivity contribution in [1.29, 1.82) is 0 Å². The van der Waals surface area contributed by atoms with Crippen LogP contribution in [0.15, 0.2) is 11.1 Å². The summed E-state index contributed by atoms with van der Waals surface area (Å²) in [4.78, 5) is 23.9. The van der Waals surface area contributed by atoms with Gasteiger partial charge >= 0.3 is 5.97 Å². The number of aromatic nitrogens is 1. The molecule has 0 saturated heterocycles. The summed E-state index contributed by atoms with van der Waals surface area (Å²) in [6.07, 6.45) is 1.35. The summed E-state index contributed by atoms with van der Waals surface area (Å²) >= 11 is 0.938. The Hall–Kier alpha value is -1.52. The van der Waals surface area contributed by atoms with E-state index in [4.69, 9.17) is 0 Å². The van der Waals surface area contributed by atoms with Crippen molar-refractivity contribution < 1.29 is 14.3 Å². The summed E-state index contributed by atoms with van der Waals surface area (Å²) in [7, 11) is 1.25. The average Bonchev–Trinajstić information content (AvgIpc) is 2.52. The van der Waals surface area contributed by atoms with E-state index in [1.165, 1.54) is 19.3 Å². The molecule has 0 aliphatic heterocycles. The summed E-state index contributed by atoms with van der Waals surface area (Å²) in [6.45, 7) is 0. The Morgan fingerprint density at radius 1 is 1.83 bits per heavy atom. The molecule has 5 nitrogen and oxygen atoms in total. The topological polar surface area (TPSA) is 68.6 Å². The fourth-order valence-corrected chi connectivity index (χ4v) is 1.13. The third kappa shape index (κ3) is 1.75. The molecule has 0 amide bonds. The lowest BCUT2D eigenvalue weighted by Crippen LogP contribution is -2.00. The van der Waals surface area contributed by atoms with Crippen LogP contribution in [0.5, 0.6) is 0 Å². The van der Waals surface area contributed by atoms with Crippen LogP contribution in [0.25, 0.3) is 0 Å². The molecule has 1 heterocycles. The van der Waals surface area contributed by atoms with Gasteiger partial charge in [0, 0.05) is 6.07 Å². The van der Waals surface area contributed by atoms with Crippen molar-refractivity contribution in [2.24, 2.45) is 4.99 Å². The highest BCUT2D eigenvalue weighted by Gasteiger charge is 2.09. The molecule has 0 atom stereocenters. The quantitative estimate of drug-likeness (QED) is 0.389. The second-order valence-corrected chi connectivity index (χ2v) is 2.53. The van der Waals surface area contributed by atoms with Gasteiger partial charge in [0.15, 0.2) is 5.69 Å². The Bertz CT molecular complexity index is 340. The molecule has 0 N–H and O–H groups in total. The molecule has 12 heavy (non-hydrogen) atoms. The van der Waals surface area contributed by atoms with Gasteiger partial charge in [-0.2, -0.15) is 9.37 Å². The Morgan fingerprint density at radius 2 is 2.58 bits per heavy atom. The number of rotatable bonds is 2. The lowest BCUT2D eigenvalue weighted by molar-refractivity contribution is 0.0595. The second kappa shape index (κ2) is 3.75. The Balaban J connectivity index is 2.91. The fourth-order valence-electron chi connectivity index (χ4n) is 0.564. The van der Waals surface area contributed by atoms with Crippen molar-refractivity contribution >= 4 is 28.6 Å². The molecule has 1 aromatic heterocycles. The third-order valence-corrected chi connectivity index (χ3v) is 1.73. The van der Waals surface area contributed by atoms with Gasteiger partial charge in [-0.1, -0.05) is 0 Å². The van der Waals surface area contributed by atoms with E-state index in [0.717, 1.165) is 11.5 Å². The van der Waals surface area contributed by atoms with Crippen molar-refractivity contribution in [1.82, 2.24) is 4.37 Å². The molecule has 0 saturated carbocycles. The Morgan fingerprint density at radius 3 is 3.17 bits per heavy atom. The smallest absolute Gasteiger partial charge is 0.357 e. The molecule has 0 fully saturated rings. The third-order valence-electron chi connectivity index (χ3n) is 1.05. The monoisotopic (exact) mass is 184 g/mol. The number of isocyanates is 1. The van der Waals surface area contributed by atoms with Gasteiger partial charge in [0.25, 0.3) is 0 Å². The Kier molecular flexibility index (Phi) is 2.68. The maximum atomic E-state index is 10.8. The van der Waals surface area contributed by atoms with Crippen molar-refractivity contribution in [2.45, 2.75) is 0 Å². The molecule has 0 spiro atoms. The van der Waals surface area contributed by atoms with Crippen molar-refractivity contribution in [2.75, 3.05) is 7.11 Å². The lowest BCUT2D eigenvalue weighted by Gasteiger charge is -1.89. The summed E-state index contributed by atoms with van der Waals surface area (Å²) < 4.78 is 8.09. The lowest BCUT2D eigenvalue weighted by atomic mass is 10.4. The van der Waals surface area contributed by atoms with Gasteiger partial charge in [0.2, 0.25) is 6.08 Å². The first-order chi connectivity index (χ1) is 5.77. The van der Waals surface area contributed by atoms with Crippen LogP contribution < -0.4 is 0 Å². The molecule has 1 rings (SSSR count). The molecular weight excluding hydrogens is 180 g/mol. The largest absolute Gasteiger partial charge is 0.464 e. The van der Waals surface area contributed by atoms with E-state index in [9.17, 15) is 9.59 Å². The zero-order valence-corrected chi connectivity index (χ0v) is 6.92. The number of carbonyl (C=O) groups is 1. The zero-order valence-electron chi connectivity index (χ0n) is 6.10. The SMILES string of the molecule is COC(=O)c1cc(N=C=O)sn1. The van der Waals surface area contributed by atoms with E-state index < -0.39 is 5.97 Å². The van der Waals surface area contributed by atoms with Crippen LogP contribution in [-0.4, -0.2) is 23.5 Å². The van der Waals surface area contributed by atoms with Gasteiger partial charge in [-0.15, -0.1) is 0 Å². The van der Waals surface area contributed by atoms with Gasteiger partial charge in [-0.05, 0) is 11.5 Å². The number of hydrogen-bond acceptors (Lipinski definition) is 6.